The summed E-state index contributed by atoms with van der Waals surface area (Å²) in [6, 6.07) is 0. The van der Waals surface area contributed by atoms with Gasteiger partial charge in [-0.15, -0.1) is 19.7 Å². The van der Waals surface area contributed by atoms with Gasteiger partial charge in [-0.1, -0.05) is 45.4 Å². The summed E-state index contributed by atoms with van der Waals surface area (Å²) in [6.07, 6.45) is 11.7. The molecule has 22 heavy (non-hydrogen) atoms. The standard InChI is InChI=1S/C11H21O.C2H7N2.C2H6O.C2H4.Y/c1-2-3-4-5-6-7-8-9-10-11-12;1-2-4-3;1-3-2;1-2;/h11H,1-10H2;2-3H2,1H3;1-2H3;1-2H2;/q2*-1;;;. The molecule has 5 heteroatoms. The fourth-order valence-corrected chi connectivity index (χ4v) is 1.29. The summed E-state index contributed by atoms with van der Waals surface area (Å²) in [5, 5.41) is 0. The molecule has 0 fully saturated rings. The molecule has 0 saturated heterocycles. The SMILES string of the molecule is C=C.CC[N-]N.COC.[CH2-]CCCCCCCCCC=O.[Y]. The van der Waals surface area contributed by atoms with E-state index in [1.54, 1.807) is 14.2 Å². The molecule has 0 aromatic carbocycles. The smallest absolute Gasteiger partial charge is 0.119 e. The number of nitrogens with two attached hydrogens (primary N) is 1. The van der Waals surface area contributed by atoms with E-state index in [0.29, 0.717) is 0 Å². The van der Waals surface area contributed by atoms with Crippen molar-refractivity contribution in [2.45, 2.75) is 64.7 Å². The third-order valence-corrected chi connectivity index (χ3v) is 2.25. The summed E-state index contributed by atoms with van der Waals surface area (Å²) in [5.41, 5.74) is 3.24. The number of carbonyl (C=O) groups excluding carboxylic acids is 1. The average Bonchev–Trinajstić information content (AvgIpc) is 2.53. The van der Waals surface area contributed by atoms with Crippen molar-refractivity contribution < 1.29 is 42.2 Å². The second-order valence-corrected chi connectivity index (χ2v) is 4.19. The first kappa shape index (κ1) is 33.9. The van der Waals surface area contributed by atoms with Gasteiger partial charge in [0, 0.05) is 53.3 Å². The molecule has 133 valence electrons. The topological polar surface area (TPSA) is 66.4 Å². The molecule has 0 aliphatic carbocycles. The first-order valence-corrected chi connectivity index (χ1v) is 7.74. The summed E-state index contributed by atoms with van der Waals surface area (Å²) in [6.45, 7) is 12.4. The van der Waals surface area contributed by atoms with Crippen LogP contribution in [0.4, 0.5) is 0 Å². The van der Waals surface area contributed by atoms with Crippen LogP contribution in [0.15, 0.2) is 13.2 Å². The number of carbonyl (C=O) groups is 1. The monoisotopic (exact) mass is 391 g/mol. The van der Waals surface area contributed by atoms with Crippen LogP contribution in [0.25, 0.3) is 5.43 Å². The van der Waals surface area contributed by atoms with Gasteiger partial charge >= 0.3 is 0 Å². The number of unbranched alkanes of at least 4 members (excludes halogenated alkanes) is 8. The number of aldehydes is 1. The molecule has 0 rings (SSSR count). The number of hydrogen-bond acceptors (Lipinski definition) is 3. The van der Waals surface area contributed by atoms with E-state index in [4.69, 9.17) is 0 Å². The number of rotatable bonds is 10. The minimum absolute atomic E-state index is 0. The molecule has 0 spiro atoms. The van der Waals surface area contributed by atoms with Gasteiger partial charge in [-0.25, -0.2) is 0 Å². The van der Waals surface area contributed by atoms with Crippen LogP contribution in [0.3, 0.4) is 0 Å². The van der Waals surface area contributed by atoms with E-state index < -0.39 is 0 Å². The summed E-state index contributed by atoms with van der Waals surface area (Å²) >= 11 is 0. The van der Waals surface area contributed by atoms with Gasteiger partial charge in [0.1, 0.15) is 6.29 Å². The maximum absolute atomic E-state index is 9.97. The van der Waals surface area contributed by atoms with Gasteiger partial charge in [-0.05, 0) is 6.42 Å². The predicted octanol–water partition coefficient (Wildman–Crippen LogP) is 4.85. The van der Waals surface area contributed by atoms with Crippen LogP contribution in [-0.2, 0) is 42.2 Å². The van der Waals surface area contributed by atoms with Crippen LogP contribution in [0.2, 0.25) is 0 Å². The minimum Gasteiger partial charge on any atom is -0.600 e. The largest absolute Gasteiger partial charge is 0.600 e. The molecular weight excluding hydrogens is 353 g/mol. The van der Waals surface area contributed by atoms with Gasteiger partial charge in [0.05, 0.1) is 0 Å². The molecule has 0 aliphatic rings. The van der Waals surface area contributed by atoms with E-state index in [2.05, 4.69) is 36.1 Å². The van der Waals surface area contributed by atoms with E-state index in [-0.39, 0.29) is 32.7 Å². The Morgan fingerprint density at radius 1 is 1.05 bits per heavy atom. The maximum atomic E-state index is 9.97. The minimum atomic E-state index is 0. The molecule has 0 atom stereocenters. The molecular formula is C17H38N2O2Y-2. The normalized spacial score (nSPS) is 7.86. The maximum Gasteiger partial charge on any atom is 0.119 e. The summed E-state index contributed by atoms with van der Waals surface area (Å²) in [7, 11) is 3.25. The van der Waals surface area contributed by atoms with Crippen LogP contribution in [0.1, 0.15) is 64.7 Å². The molecule has 0 aliphatic heterocycles. The zero-order chi connectivity index (χ0) is 17.2. The molecule has 0 heterocycles. The third-order valence-electron chi connectivity index (χ3n) is 2.25. The van der Waals surface area contributed by atoms with Crippen LogP contribution in [-0.4, -0.2) is 27.1 Å². The molecule has 2 N–H and O–H groups in total. The molecule has 4 nitrogen and oxygen atoms in total. The van der Waals surface area contributed by atoms with Gasteiger partial charge in [0.15, 0.2) is 0 Å². The molecule has 0 unspecified atom stereocenters. The zero-order valence-corrected chi connectivity index (χ0v) is 18.0. The van der Waals surface area contributed by atoms with Crippen LogP contribution in [0.5, 0.6) is 0 Å². The van der Waals surface area contributed by atoms with Gasteiger partial charge < -0.3 is 27.7 Å². The van der Waals surface area contributed by atoms with E-state index in [0.717, 1.165) is 32.1 Å². The summed E-state index contributed by atoms with van der Waals surface area (Å²) in [5.74, 6) is 4.65. The zero-order valence-electron chi connectivity index (χ0n) is 15.2. The van der Waals surface area contributed by atoms with Crippen molar-refractivity contribution in [1.82, 2.24) is 0 Å². The van der Waals surface area contributed by atoms with Crippen molar-refractivity contribution in [3.05, 3.63) is 25.5 Å². The second-order valence-electron chi connectivity index (χ2n) is 4.19. The first-order chi connectivity index (χ1) is 10.2. The number of hydrogen-bond donors (Lipinski definition) is 1. The fourth-order valence-electron chi connectivity index (χ4n) is 1.29. The van der Waals surface area contributed by atoms with Crippen LogP contribution < -0.4 is 5.84 Å². The first-order valence-electron chi connectivity index (χ1n) is 7.74. The Bertz CT molecular complexity index is 149. The van der Waals surface area contributed by atoms with Gasteiger partial charge in [0.25, 0.3) is 0 Å². The predicted molar refractivity (Wildman–Crippen MR) is 95.2 cm³/mol. The molecule has 0 amide bonds. The van der Waals surface area contributed by atoms with Gasteiger partial charge in [-0.3, -0.25) is 0 Å². The van der Waals surface area contributed by atoms with E-state index >= 15 is 0 Å². The Labute approximate surface area is 164 Å². The Morgan fingerprint density at radius 3 is 1.64 bits per heavy atom. The van der Waals surface area contributed by atoms with Crippen molar-refractivity contribution >= 4 is 6.29 Å². The van der Waals surface area contributed by atoms with E-state index in [1.807, 2.05) is 6.92 Å². The number of methoxy groups -OCH3 is 1. The number of nitrogens with zero attached hydrogens (tertiary/aromatic N) is 1. The van der Waals surface area contributed by atoms with Crippen molar-refractivity contribution in [2.24, 2.45) is 5.84 Å². The Balaban J connectivity index is -0.0000000806. The van der Waals surface area contributed by atoms with Crippen molar-refractivity contribution in [1.29, 1.82) is 0 Å². The molecule has 0 aromatic rings. The van der Waals surface area contributed by atoms with Crippen molar-refractivity contribution in [3.63, 3.8) is 0 Å². The fraction of sp³-hybridized carbons (Fsp3) is 0.765. The average molecular weight is 391 g/mol. The molecule has 1 radical (unpaired) electrons. The van der Waals surface area contributed by atoms with Crippen molar-refractivity contribution in [2.75, 3.05) is 20.8 Å². The molecule has 0 aromatic heterocycles. The Hall–Kier alpha value is 0.394. The summed E-state index contributed by atoms with van der Waals surface area (Å²) in [4.78, 5) is 9.97. The summed E-state index contributed by atoms with van der Waals surface area (Å²) < 4.78 is 4.25. The quantitative estimate of drug-likeness (QED) is 0.145. The van der Waals surface area contributed by atoms with E-state index in [9.17, 15) is 4.79 Å². The molecule has 0 bridgehead atoms. The number of ether oxygens (including phenoxy) is 1. The third kappa shape index (κ3) is 71.0. The Morgan fingerprint density at radius 2 is 1.36 bits per heavy atom. The second kappa shape index (κ2) is 49.6. The Kier molecular flexibility index (Phi) is 76.4. The van der Waals surface area contributed by atoms with Gasteiger partial charge in [0.2, 0.25) is 0 Å². The van der Waals surface area contributed by atoms with Crippen LogP contribution >= 0.6 is 0 Å². The van der Waals surface area contributed by atoms with Gasteiger partial charge in [-0.2, -0.15) is 6.42 Å². The van der Waals surface area contributed by atoms with Crippen LogP contribution in [0, 0.1) is 6.92 Å². The van der Waals surface area contributed by atoms with E-state index in [1.165, 1.54) is 38.5 Å². The van der Waals surface area contributed by atoms with Crippen molar-refractivity contribution in [3.8, 4) is 0 Å². The molecule has 0 saturated carbocycles.